The van der Waals surface area contributed by atoms with Crippen molar-refractivity contribution in [3.8, 4) is 5.69 Å². The molecule has 0 saturated carbocycles. The van der Waals surface area contributed by atoms with Crippen LogP contribution in [0.25, 0.3) is 15.9 Å². The molecule has 3 heterocycles. The normalized spacial score (nSPS) is 11.8. The van der Waals surface area contributed by atoms with Crippen LogP contribution in [0.1, 0.15) is 11.1 Å². The second-order valence-corrected chi connectivity index (χ2v) is 6.97. The number of hydrogen-bond donors (Lipinski definition) is 0. The van der Waals surface area contributed by atoms with Crippen LogP contribution in [-0.2, 0) is 12.7 Å². The average molecular weight is 403 g/mol. The number of benzene rings is 1. The summed E-state index contributed by atoms with van der Waals surface area (Å²) in [6.45, 7) is 0.138. The Hall–Kier alpha value is -3.20. The molecule has 0 spiro atoms. The van der Waals surface area contributed by atoms with Gasteiger partial charge in [0, 0.05) is 12.4 Å². The zero-order valence-electron chi connectivity index (χ0n) is 14.2. The Balaban J connectivity index is 1.98. The number of thiophene rings is 1. The van der Waals surface area contributed by atoms with Crippen molar-refractivity contribution < 1.29 is 13.2 Å². The molecule has 5 nitrogen and oxygen atoms in total. The van der Waals surface area contributed by atoms with Crippen LogP contribution >= 0.6 is 11.3 Å². The molecule has 0 unspecified atom stereocenters. The Labute approximate surface area is 159 Å². The number of hydrogen-bond acceptors (Lipinski definition) is 4. The van der Waals surface area contributed by atoms with E-state index in [1.54, 1.807) is 36.0 Å². The number of halogens is 3. The minimum atomic E-state index is -4.58. The van der Waals surface area contributed by atoms with Crippen LogP contribution < -0.4 is 11.2 Å². The lowest BCUT2D eigenvalue weighted by Gasteiger charge is -2.13. The molecule has 0 saturated heterocycles. The Morgan fingerprint density at radius 3 is 2.61 bits per heavy atom. The van der Waals surface area contributed by atoms with Crippen LogP contribution in [0.15, 0.2) is 69.8 Å². The molecule has 0 bridgehead atoms. The van der Waals surface area contributed by atoms with E-state index in [2.05, 4.69) is 4.98 Å². The summed E-state index contributed by atoms with van der Waals surface area (Å²) in [5.41, 5.74) is -1.24. The fourth-order valence-corrected chi connectivity index (χ4v) is 3.79. The van der Waals surface area contributed by atoms with Crippen molar-refractivity contribution in [2.24, 2.45) is 0 Å². The van der Waals surface area contributed by atoms with Gasteiger partial charge in [0.2, 0.25) is 0 Å². The lowest BCUT2D eigenvalue weighted by molar-refractivity contribution is -0.137. The van der Waals surface area contributed by atoms with Gasteiger partial charge in [-0.2, -0.15) is 13.2 Å². The van der Waals surface area contributed by atoms with Gasteiger partial charge in [-0.15, -0.1) is 11.3 Å². The van der Waals surface area contributed by atoms with Crippen LogP contribution in [0.5, 0.6) is 0 Å². The van der Waals surface area contributed by atoms with E-state index in [0.29, 0.717) is 10.2 Å². The molecule has 0 aliphatic rings. The van der Waals surface area contributed by atoms with Crippen LogP contribution in [0.2, 0.25) is 0 Å². The third-order valence-corrected chi connectivity index (χ3v) is 5.14. The molecule has 0 aliphatic heterocycles. The van der Waals surface area contributed by atoms with Crippen LogP contribution in [0, 0.1) is 0 Å². The highest BCUT2D eigenvalue weighted by Crippen LogP contribution is 2.30. The molecular formula is C19H12F3N3O2S. The van der Waals surface area contributed by atoms with Gasteiger partial charge < -0.3 is 0 Å². The topological polar surface area (TPSA) is 56.9 Å². The lowest BCUT2D eigenvalue weighted by Crippen LogP contribution is -2.38. The largest absolute Gasteiger partial charge is 0.416 e. The van der Waals surface area contributed by atoms with Gasteiger partial charge in [-0.05, 0) is 41.3 Å². The smallest absolute Gasteiger partial charge is 0.288 e. The van der Waals surface area contributed by atoms with Gasteiger partial charge in [-0.1, -0.05) is 12.1 Å². The molecule has 9 heteroatoms. The average Bonchev–Trinajstić information content (AvgIpc) is 3.16. The highest BCUT2D eigenvalue weighted by atomic mass is 32.1. The molecule has 3 aromatic heterocycles. The summed E-state index contributed by atoms with van der Waals surface area (Å²) in [7, 11) is 0. The molecule has 0 aliphatic carbocycles. The SMILES string of the molecule is O=c1c2sccc2n(Cc2cccnc2)c(=O)n1-c1cccc(C(F)(F)F)c1. The predicted molar refractivity (Wildman–Crippen MR) is 100 cm³/mol. The molecule has 0 N–H and O–H groups in total. The minimum Gasteiger partial charge on any atom is -0.288 e. The molecule has 1 aromatic carbocycles. The number of nitrogens with zero attached hydrogens (tertiary/aromatic N) is 3. The molecule has 28 heavy (non-hydrogen) atoms. The Morgan fingerprint density at radius 2 is 1.89 bits per heavy atom. The van der Waals surface area contributed by atoms with Gasteiger partial charge in [0.25, 0.3) is 5.56 Å². The van der Waals surface area contributed by atoms with Crippen molar-refractivity contribution in [3.05, 3.63) is 92.2 Å². The molecule has 4 rings (SSSR count). The summed E-state index contributed by atoms with van der Waals surface area (Å²) in [5, 5.41) is 1.67. The first-order chi connectivity index (χ1) is 13.4. The van der Waals surface area contributed by atoms with E-state index in [9.17, 15) is 22.8 Å². The van der Waals surface area contributed by atoms with Gasteiger partial charge in [0.05, 0.1) is 23.3 Å². The van der Waals surface area contributed by atoms with Crippen LogP contribution in [0.4, 0.5) is 13.2 Å². The maximum Gasteiger partial charge on any atom is 0.416 e. The standard InChI is InChI=1S/C19H12F3N3O2S/c20-19(21,22)13-4-1-5-14(9-13)25-17(26)16-15(6-8-28-16)24(18(25)27)11-12-3-2-7-23-10-12/h1-10H,11H2. The first-order valence-electron chi connectivity index (χ1n) is 8.16. The van der Waals surface area contributed by atoms with Crippen molar-refractivity contribution >= 4 is 21.6 Å². The molecule has 0 amide bonds. The molecule has 0 radical (unpaired) electrons. The number of pyridine rings is 1. The third-order valence-electron chi connectivity index (χ3n) is 4.25. The Kier molecular flexibility index (Phi) is 4.38. The summed E-state index contributed by atoms with van der Waals surface area (Å²) < 4.78 is 41.7. The fourth-order valence-electron chi connectivity index (χ4n) is 2.96. The number of aromatic nitrogens is 3. The van der Waals surface area contributed by atoms with Crippen LogP contribution in [0.3, 0.4) is 0 Å². The second kappa shape index (κ2) is 6.75. The monoisotopic (exact) mass is 403 g/mol. The summed E-state index contributed by atoms with van der Waals surface area (Å²) in [4.78, 5) is 29.9. The van der Waals surface area contributed by atoms with Gasteiger partial charge in [0.1, 0.15) is 4.70 Å². The van der Waals surface area contributed by atoms with Gasteiger partial charge in [0.15, 0.2) is 0 Å². The number of alkyl halides is 3. The molecular weight excluding hydrogens is 391 g/mol. The van der Waals surface area contributed by atoms with Crippen molar-refractivity contribution in [1.29, 1.82) is 0 Å². The zero-order chi connectivity index (χ0) is 19.9. The molecule has 142 valence electrons. The van der Waals surface area contributed by atoms with Gasteiger partial charge in [-0.3, -0.25) is 14.3 Å². The fraction of sp³-hybridized carbons (Fsp3) is 0.105. The van der Waals surface area contributed by atoms with E-state index in [4.69, 9.17) is 0 Å². The molecule has 0 atom stereocenters. The minimum absolute atomic E-state index is 0.125. The maximum absolute atomic E-state index is 13.1. The first kappa shape index (κ1) is 18.2. The number of fused-ring (bicyclic) bond motifs is 1. The summed E-state index contributed by atoms with van der Waals surface area (Å²) in [6.07, 6.45) is -1.40. The highest BCUT2D eigenvalue weighted by molar-refractivity contribution is 7.17. The molecule has 0 fully saturated rings. The van der Waals surface area contributed by atoms with Crippen molar-refractivity contribution in [2.75, 3.05) is 0 Å². The van der Waals surface area contributed by atoms with Crippen LogP contribution in [-0.4, -0.2) is 14.1 Å². The van der Waals surface area contributed by atoms with Crippen molar-refractivity contribution in [2.45, 2.75) is 12.7 Å². The first-order valence-corrected chi connectivity index (χ1v) is 9.04. The van der Waals surface area contributed by atoms with E-state index in [1.807, 2.05) is 0 Å². The van der Waals surface area contributed by atoms with Gasteiger partial charge in [-0.25, -0.2) is 9.36 Å². The van der Waals surface area contributed by atoms with E-state index >= 15 is 0 Å². The third kappa shape index (κ3) is 3.13. The summed E-state index contributed by atoms with van der Waals surface area (Å²) >= 11 is 1.14. The lowest BCUT2D eigenvalue weighted by atomic mass is 10.2. The van der Waals surface area contributed by atoms with E-state index in [0.717, 1.165) is 33.6 Å². The summed E-state index contributed by atoms with van der Waals surface area (Å²) in [5.74, 6) is 0. The van der Waals surface area contributed by atoms with E-state index in [-0.39, 0.29) is 12.2 Å². The second-order valence-electron chi connectivity index (χ2n) is 6.05. The Bertz CT molecular complexity index is 1270. The van der Waals surface area contributed by atoms with E-state index < -0.39 is 23.0 Å². The number of rotatable bonds is 3. The van der Waals surface area contributed by atoms with Crippen molar-refractivity contribution in [3.63, 3.8) is 0 Å². The van der Waals surface area contributed by atoms with Crippen molar-refractivity contribution in [1.82, 2.24) is 14.1 Å². The molecule has 4 aromatic rings. The Morgan fingerprint density at radius 1 is 1.07 bits per heavy atom. The van der Waals surface area contributed by atoms with E-state index in [1.165, 1.54) is 16.7 Å². The zero-order valence-corrected chi connectivity index (χ0v) is 15.0. The quantitative estimate of drug-likeness (QED) is 0.525. The highest BCUT2D eigenvalue weighted by Gasteiger charge is 2.31. The maximum atomic E-state index is 13.1. The van der Waals surface area contributed by atoms with Gasteiger partial charge >= 0.3 is 11.9 Å². The predicted octanol–water partition coefficient (Wildman–Crippen LogP) is 3.68. The summed E-state index contributed by atoms with van der Waals surface area (Å²) in [6, 6.07) is 9.32.